The molecule has 3 heterocycles. The van der Waals surface area contributed by atoms with Gasteiger partial charge in [-0.25, -0.2) is 4.98 Å². The first-order valence-corrected chi connectivity index (χ1v) is 10.7. The van der Waals surface area contributed by atoms with Crippen molar-refractivity contribution in [1.82, 2.24) is 19.7 Å². The third-order valence-electron chi connectivity index (χ3n) is 5.33. The van der Waals surface area contributed by atoms with Crippen LogP contribution < -0.4 is 10.2 Å². The number of nitrogens with one attached hydrogen (secondary N) is 2. The standard InChI is InChI=1S/C22H26N6OS/c1-16-6-5-7-17(14-16)21-25-26-22(30)28(21)13-10-20(29)24-19-9-8-18(15-23-19)27-11-3-2-4-12-27/h5-9,14-15H,2-4,10-13H2,1H3,(H,26,30)(H,23,24,29). The quantitative estimate of drug-likeness (QED) is 0.578. The van der Waals surface area contributed by atoms with Crippen LogP contribution in [0.4, 0.5) is 11.5 Å². The molecule has 1 fully saturated rings. The van der Waals surface area contributed by atoms with Crippen LogP contribution in [-0.2, 0) is 11.3 Å². The zero-order chi connectivity index (χ0) is 20.9. The molecule has 0 atom stereocenters. The normalized spacial score (nSPS) is 14.0. The van der Waals surface area contributed by atoms with Gasteiger partial charge in [0.25, 0.3) is 0 Å². The van der Waals surface area contributed by atoms with Crippen LogP contribution in [0.5, 0.6) is 0 Å². The molecule has 30 heavy (non-hydrogen) atoms. The summed E-state index contributed by atoms with van der Waals surface area (Å²) in [6.45, 7) is 4.62. The molecule has 7 nitrogen and oxygen atoms in total. The second-order valence-electron chi connectivity index (χ2n) is 7.62. The highest BCUT2D eigenvalue weighted by Gasteiger charge is 2.13. The van der Waals surface area contributed by atoms with Gasteiger partial charge in [-0.1, -0.05) is 23.8 Å². The number of rotatable bonds is 6. The van der Waals surface area contributed by atoms with Crippen LogP contribution in [0, 0.1) is 11.7 Å². The molecule has 2 N–H and O–H groups in total. The summed E-state index contributed by atoms with van der Waals surface area (Å²) in [6.07, 6.45) is 5.86. The number of aromatic amines is 1. The molecule has 0 spiro atoms. The third kappa shape index (κ3) is 4.76. The summed E-state index contributed by atoms with van der Waals surface area (Å²) in [5.41, 5.74) is 3.22. The van der Waals surface area contributed by atoms with Crippen LogP contribution in [-0.4, -0.2) is 38.7 Å². The first-order valence-electron chi connectivity index (χ1n) is 10.3. The fourth-order valence-electron chi connectivity index (χ4n) is 3.75. The summed E-state index contributed by atoms with van der Waals surface area (Å²) >= 11 is 5.36. The minimum absolute atomic E-state index is 0.105. The van der Waals surface area contributed by atoms with Crippen LogP contribution >= 0.6 is 12.2 Å². The number of aryl methyl sites for hydroxylation is 1. The molecule has 0 aliphatic carbocycles. The van der Waals surface area contributed by atoms with Gasteiger partial charge in [0.15, 0.2) is 10.6 Å². The van der Waals surface area contributed by atoms with Crippen molar-refractivity contribution in [2.24, 2.45) is 0 Å². The van der Waals surface area contributed by atoms with E-state index < -0.39 is 0 Å². The highest BCUT2D eigenvalue weighted by Crippen LogP contribution is 2.21. The van der Waals surface area contributed by atoms with Crippen molar-refractivity contribution in [3.8, 4) is 11.4 Å². The van der Waals surface area contributed by atoms with Gasteiger partial charge in [0.05, 0.1) is 11.9 Å². The number of carbonyl (C=O) groups is 1. The van der Waals surface area contributed by atoms with Crippen molar-refractivity contribution in [2.75, 3.05) is 23.3 Å². The maximum absolute atomic E-state index is 12.5. The molecular weight excluding hydrogens is 396 g/mol. The molecule has 4 rings (SSSR count). The number of hydrogen-bond donors (Lipinski definition) is 2. The summed E-state index contributed by atoms with van der Waals surface area (Å²) < 4.78 is 2.36. The minimum Gasteiger partial charge on any atom is -0.370 e. The molecule has 1 aromatic carbocycles. The number of pyridine rings is 1. The Morgan fingerprint density at radius 3 is 2.77 bits per heavy atom. The Labute approximate surface area is 181 Å². The predicted molar refractivity (Wildman–Crippen MR) is 121 cm³/mol. The Morgan fingerprint density at radius 2 is 2.03 bits per heavy atom. The fraction of sp³-hybridized carbons (Fsp3) is 0.364. The molecule has 0 saturated carbocycles. The van der Waals surface area contributed by atoms with E-state index in [1.165, 1.54) is 19.3 Å². The van der Waals surface area contributed by atoms with Crippen molar-refractivity contribution >= 4 is 29.6 Å². The predicted octanol–water partition coefficient (Wildman–Crippen LogP) is 4.33. The molecule has 8 heteroatoms. The van der Waals surface area contributed by atoms with Gasteiger partial charge in [-0.2, -0.15) is 5.10 Å². The molecule has 1 aliphatic rings. The van der Waals surface area contributed by atoms with Crippen LogP contribution in [0.15, 0.2) is 42.6 Å². The van der Waals surface area contributed by atoms with Crippen molar-refractivity contribution in [3.63, 3.8) is 0 Å². The van der Waals surface area contributed by atoms with Crippen molar-refractivity contribution in [1.29, 1.82) is 0 Å². The lowest BCUT2D eigenvalue weighted by Crippen LogP contribution is -2.29. The average molecular weight is 423 g/mol. The minimum atomic E-state index is -0.105. The van der Waals surface area contributed by atoms with Crippen LogP contribution in [0.3, 0.4) is 0 Å². The number of H-pyrrole nitrogens is 1. The van der Waals surface area contributed by atoms with Crippen LogP contribution in [0.1, 0.15) is 31.2 Å². The highest BCUT2D eigenvalue weighted by atomic mass is 32.1. The van der Waals surface area contributed by atoms with Crippen molar-refractivity contribution < 1.29 is 4.79 Å². The summed E-state index contributed by atoms with van der Waals surface area (Å²) in [5, 5.41) is 10.0. The monoisotopic (exact) mass is 422 g/mol. The first kappa shape index (κ1) is 20.3. The summed E-state index contributed by atoms with van der Waals surface area (Å²) in [4.78, 5) is 19.2. The third-order valence-corrected chi connectivity index (χ3v) is 5.65. The van der Waals surface area contributed by atoms with Gasteiger partial charge in [0, 0.05) is 31.6 Å². The smallest absolute Gasteiger partial charge is 0.227 e. The van der Waals surface area contributed by atoms with Gasteiger partial charge in [0.1, 0.15) is 5.82 Å². The van der Waals surface area contributed by atoms with E-state index >= 15 is 0 Å². The Bertz CT molecular complexity index is 1070. The second kappa shape index (κ2) is 9.21. The second-order valence-corrected chi connectivity index (χ2v) is 8.01. The molecule has 1 aliphatic heterocycles. The van der Waals surface area contributed by atoms with Gasteiger partial charge in [0.2, 0.25) is 5.91 Å². The lowest BCUT2D eigenvalue weighted by atomic mass is 10.1. The van der Waals surface area contributed by atoms with E-state index in [2.05, 4.69) is 31.5 Å². The molecule has 3 aromatic rings. The lowest BCUT2D eigenvalue weighted by Gasteiger charge is -2.28. The number of nitrogens with zero attached hydrogens (tertiary/aromatic N) is 4. The molecule has 0 bridgehead atoms. The number of carbonyl (C=O) groups excluding carboxylic acids is 1. The number of piperidine rings is 1. The van der Waals surface area contributed by atoms with E-state index in [1.54, 1.807) is 0 Å². The Hall–Kier alpha value is -3.00. The van der Waals surface area contributed by atoms with E-state index in [1.807, 2.05) is 48.0 Å². The van der Waals surface area contributed by atoms with Crippen LogP contribution in [0.2, 0.25) is 0 Å². The molecule has 0 radical (unpaired) electrons. The van der Waals surface area contributed by atoms with Crippen molar-refractivity contribution in [2.45, 2.75) is 39.2 Å². The number of amides is 1. The van der Waals surface area contributed by atoms with E-state index in [-0.39, 0.29) is 12.3 Å². The summed E-state index contributed by atoms with van der Waals surface area (Å²) in [7, 11) is 0. The highest BCUT2D eigenvalue weighted by molar-refractivity contribution is 7.71. The van der Waals surface area contributed by atoms with E-state index in [0.29, 0.717) is 17.1 Å². The van der Waals surface area contributed by atoms with Crippen LogP contribution in [0.25, 0.3) is 11.4 Å². The largest absolute Gasteiger partial charge is 0.370 e. The Kier molecular flexibility index (Phi) is 6.23. The molecule has 2 aromatic heterocycles. The lowest BCUT2D eigenvalue weighted by molar-refractivity contribution is -0.116. The molecule has 0 unspecified atom stereocenters. The first-order chi connectivity index (χ1) is 14.6. The molecule has 1 saturated heterocycles. The van der Waals surface area contributed by atoms with Gasteiger partial charge in [-0.05, 0) is 56.6 Å². The average Bonchev–Trinajstić information content (AvgIpc) is 3.14. The summed E-state index contributed by atoms with van der Waals surface area (Å²) in [6, 6.07) is 11.9. The number of benzene rings is 1. The SMILES string of the molecule is Cc1cccc(-c2n[nH]c(=S)n2CCC(=O)Nc2ccc(N3CCCCC3)cn2)c1. The molecular formula is C22H26N6OS. The zero-order valence-corrected chi connectivity index (χ0v) is 17.9. The Balaban J connectivity index is 1.37. The maximum atomic E-state index is 12.5. The van der Waals surface area contributed by atoms with Gasteiger partial charge >= 0.3 is 0 Å². The zero-order valence-electron chi connectivity index (χ0n) is 17.1. The number of aromatic nitrogens is 4. The van der Waals surface area contributed by atoms with Gasteiger partial charge < -0.3 is 10.2 Å². The molecule has 156 valence electrons. The van der Waals surface area contributed by atoms with Gasteiger partial charge in [-0.15, -0.1) is 0 Å². The van der Waals surface area contributed by atoms with Gasteiger partial charge in [-0.3, -0.25) is 14.5 Å². The molecule has 1 amide bonds. The Morgan fingerprint density at radius 1 is 1.20 bits per heavy atom. The topological polar surface area (TPSA) is 78.8 Å². The fourth-order valence-corrected chi connectivity index (χ4v) is 3.97. The van der Waals surface area contributed by atoms with E-state index in [9.17, 15) is 4.79 Å². The maximum Gasteiger partial charge on any atom is 0.227 e. The van der Waals surface area contributed by atoms with E-state index in [4.69, 9.17) is 12.2 Å². The number of anilines is 2. The van der Waals surface area contributed by atoms with E-state index in [0.717, 1.165) is 35.7 Å². The number of hydrogen-bond acceptors (Lipinski definition) is 5. The summed E-state index contributed by atoms with van der Waals surface area (Å²) in [5.74, 6) is 1.20. The van der Waals surface area contributed by atoms with Crippen molar-refractivity contribution in [3.05, 3.63) is 52.9 Å².